The van der Waals surface area contributed by atoms with Crippen LogP contribution in [0.3, 0.4) is 0 Å². The van der Waals surface area contributed by atoms with Crippen molar-refractivity contribution in [3.63, 3.8) is 0 Å². The summed E-state index contributed by atoms with van der Waals surface area (Å²) in [5.41, 5.74) is 2.16. The second-order valence-electron chi connectivity index (χ2n) is 4.70. The maximum absolute atomic E-state index is 11.8. The lowest BCUT2D eigenvalue weighted by Crippen LogP contribution is -2.25. The molecule has 1 aromatic carbocycles. The van der Waals surface area contributed by atoms with Crippen LogP contribution in [0.1, 0.15) is 28.9 Å². The molecule has 0 atom stereocenters. The molecule has 21 heavy (non-hydrogen) atoms. The normalized spacial score (nSPS) is 10.3. The Labute approximate surface area is 121 Å². The summed E-state index contributed by atoms with van der Waals surface area (Å²) in [6.07, 6.45) is 0.400. The molecule has 1 aromatic heterocycles. The molecular weight excluding hydrogens is 272 g/mol. The topological polar surface area (TPSA) is 92.4 Å². The van der Waals surface area contributed by atoms with Gasteiger partial charge in [0, 0.05) is 24.6 Å². The van der Waals surface area contributed by atoms with Crippen molar-refractivity contribution >= 4 is 11.9 Å². The number of carbonyl (C=O) groups excluding carboxylic acids is 1. The van der Waals surface area contributed by atoms with E-state index in [0.29, 0.717) is 12.2 Å². The summed E-state index contributed by atoms with van der Waals surface area (Å²) >= 11 is 0. The first-order valence-electron chi connectivity index (χ1n) is 6.60. The lowest BCUT2D eigenvalue weighted by molar-refractivity contribution is -0.137. The number of nitrogens with zero attached hydrogens (tertiary/aromatic N) is 1. The van der Waals surface area contributed by atoms with Crippen LogP contribution in [-0.2, 0) is 4.79 Å². The second-order valence-corrected chi connectivity index (χ2v) is 4.70. The number of benzene rings is 1. The third kappa shape index (κ3) is 4.17. The quantitative estimate of drug-likeness (QED) is 0.795. The van der Waals surface area contributed by atoms with E-state index in [1.807, 2.05) is 31.2 Å². The van der Waals surface area contributed by atoms with Crippen LogP contribution >= 0.6 is 0 Å². The van der Waals surface area contributed by atoms with E-state index in [4.69, 9.17) is 9.63 Å². The van der Waals surface area contributed by atoms with Crippen molar-refractivity contribution in [2.45, 2.75) is 19.8 Å². The van der Waals surface area contributed by atoms with Crippen molar-refractivity contribution < 1.29 is 19.2 Å². The predicted octanol–water partition coefficient (Wildman–Crippen LogP) is 2.24. The van der Waals surface area contributed by atoms with Gasteiger partial charge in [-0.25, -0.2) is 0 Å². The number of aromatic nitrogens is 1. The summed E-state index contributed by atoms with van der Waals surface area (Å²) in [4.78, 5) is 22.2. The zero-order valence-electron chi connectivity index (χ0n) is 11.6. The van der Waals surface area contributed by atoms with Crippen LogP contribution < -0.4 is 5.32 Å². The van der Waals surface area contributed by atoms with Gasteiger partial charge in [-0.2, -0.15) is 0 Å². The Hall–Kier alpha value is -2.63. The minimum absolute atomic E-state index is 0.0215. The van der Waals surface area contributed by atoms with Gasteiger partial charge in [0.25, 0.3) is 5.91 Å². The smallest absolute Gasteiger partial charge is 0.303 e. The Morgan fingerprint density at radius 2 is 2.00 bits per heavy atom. The fraction of sp³-hybridized carbons (Fsp3) is 0.267. The summed E-state index contributed by atoms with van der Waals surface area (Å²) < 4.78 is 5.15. The summed E-state index contributed by atoms with van der Waals surface area (Å²) in [7, 11) is 0. The van der Waals surface area contributed by atoms with E-state index in [1.54, 1.807) is 6.07 Å². The molecule has 0 bridgehead atoms. The first-order valence-corrected chi connectivity index (χ1v) is 6.60. The number of aryl methyl sites for hydroxylation is 1. The van der Waals surface area contributed by atoms with Crippen LogP contribution in [0.2, 0.25) is 0 Å². The van der Waals surface area contributed by atoms with Crippen molar-refractivity contribution in [1.29, 1.82) is 0 Å². The van der Waals surface area contributed by atoms with E-state index in [0.717, 1.165) is 11.1 Å². The summed E-state index contributed by atoms with van der Waals surface area (Å²) in [6.45, 7) is 2.28. The van der Waals surface area contributed by atoms with Crippen molar-refractivity contribution in [2.24, 2.45) is 0 Å². The lowest BCUT2D eigenvalue weighted by Gasteiger charge is -2.00. The van der Waals surface area contributed by atoms with E-state index in [2.05, 4.69) is 10.5 Å². The number of hydrogen-bond donors (Lipinski definition) is 2. The largest absolute Gasteiger partial charge is 0.481 e. The third-order valence-corrected chi connectivity index (χ3v) is 2.93. The van der Waals surface area contributed by atoms with Crippen molar-refractivity contribution in [2.75, 3.05) is 6.54 Å². The number of carbonyl (C=O) groups is 2. The van der Waals surface area contributed by atoms with Gasteiger partial charge in [-0.3, -0.25) is 9.59 Å². The molecule has 110 valence electrons. The van der Waals surface area contributed by atoms with Gasteiger partial charge in [0.2, 0.25) is 0 Å². The molecule has 0 aliphatic carbocycles. The van der Waals surface area contributed by atoms with Crippen molar-refractivity contribution in [1.82, 2.24) is 10.5 Å². The van der Waals surface area contributed by atoms with E-state index >= 15 is 0 Å². The van der Waals surface area contributed by atoms with Crippen molar-refractivity contribution in [3.05, 3.63) is 41.6 Å². The highest BCUT2D eigenvalue weighted by Gasteiger charge is 2.13. The fourth-order valence-corrected chi connectivity index (χ4v) is 1.77. The van der Waals surface area contributed by atoms with Gasteiger partial charge < -0.3 is 14.9 Å². The molecule has 2 N–H and O–H groups in total. The summed E-state index contributed by atoms with van der Waals surface area (Å²) in [6, 6.07) is 9.25. The average molecular weight is 288 g/mol. The molecule has 1 heterocycles. The average Bonchev–Trinajstić information content (AvgIpc) is 2.94. The van der Waals surface area contributed by atoms with Crippen LogP contribution in [0.5, 0.6) is 0 Å². The van der Waals surface area contributed by atoms with Gasteiger partial charge in [0.05, 0.1) is 0 Å². The van der Waals surface area contributed by atoms with E-state index in [1.165, 1.54) is 0 Å². The van der Waals surface area contributed by atoms with E-state index < -0.39 is 5.97 Å². The lowest BCUT2D eigenvalue weighted by atomic mass is 10.1. The Morgan fingerprint density at radius 3 is 2.67 bits per heavy atom. The number of hydrogen-bond acceptors (Lipinski definition) is 4. The highest BCUT2D eigenvalue weighted by atomic mass is 16.5. The molecule has 0 spiro atoms. The van der Waals surface area contributed by atoms with Crippen molar-refractivity contribution in [3.8, 4) is 11.3 Å². The van der Waals surface area contributed by atoms with Crippen LogP contribution in [0.25, 0.3) is 11.3 Å². The first-order chi connectivity index (χ1) is 10.1. The fourth-order valence-electron chi connectivity index (χ4n) is 1.77. The molecule has 2 rings (SSSR count). The molecular formula is C15H16N2O4. The van der Waals surface area contributed by atoms with Gasteiger partial charge in [0.15, 0.2) is 11.5 Å². The Bertz CT molecular complexity index is 631. The second kappa shape index (κ2) is 6.69. The summed E-state index contributed by atoms with van der Waals surface area (Å²) in [5, 5.41) is 14.8. The van der Waals surface area contributed by atoms with Gasteiger partial charge in [0.1, 0.15) is 0 Å². The molecule has 2 aromatic rings. The van der Waals surface area contributed by atoms with Gasteiger partial charge in [-0.05, 0) is 13.3 Å². The molecule has 1 amide bonds. The number of carboxylic acids is 1. The molecule has 0 radical (unpaired) electrons. The highest BCUT2D eigenvalue weighted by Crippen LogP contribution is 2.20. The molecule has 0 fully saturated rings. The Kier molecular flexibility index (Phi) is 4.71. The Morgan fingerprint density at radius 1 is 1.29 bits per heavy atom. The highest BCUT2D eigenvalue weighted by molar-refractivity contribution is 5.93. The van der Waals surface area contributed by atoms with Gasteiger partial charge in [-0.1, -0.05) is 35.0 Å². The molecule has 6 nitrogen and oxygen atoms in total. The SMILES string of the molecule is Cc1ccc(-c2cc(C(=O)NCCCC(=O)O)no2)cc1. The van der Waals surface area contributed by atoms with Crippen LogP contribution in [-0.4, -0.2) is 28.7 Å². The van der Waals surface area contributed by atoms with Gasteiger partial charge >= 0.3 is 5.97 Å². The molecule has 0 aliphatic rings. The minimum Gasteiger partial charge on any atom is -0.481 e. The number of amides is 1. The number of nitrogens with one attached hydrogen (secondary N) is 1. The number of aliphatic carboxylic acids is 1. The molecule has 0 saturated carbocycles. The number of rotatable bonds is 6. The Balaban J connectivity index is 1.94. The summed E-state index contributed by atoms with van der Waals surface area (Å²) in [5.74, 6) is -0.736. The van der Waals surface area contributed by atoms with Crippen LogP contribution in [0.15, 0.2) is 34.9 Å². The molecule has 0 unspecified atom stereocenters. The first kappa shape index (κ1) is 14.8. The van der Waals surface area contributed by atoms with Crippen LogP contribution in [0, 0.1) is 6.92 Å². The van der Waals surface area contributed by atoms with E-state index in [-0.39, 0.29) is 24.6 Å². The van der Waals surface area contributed by atoms with Gasteiger partial charge in [-0.15, -0.1) is 0 Å². The van der Waals surface area contributed by atoms with E-state index in [9.17, 15) is 9.59 Å². The molecule has 6 heteroatoms. The molecule has 0 saturated heterocycles. The standard InChI is InChI=1S/C15H16N2O4/c1-10-4-6-11(7-5-10)13-9-12(17-21-13)15(20)16-8-2-3-14(18)19/h4-7,9H,2-3,8H2,1H3,(H,16,20)(H,18,19). The predicted molar refractivity (Wildman–Crippen MR) is 75.9 cm³/mol. The third-order valence-electron chi connectivity index (χ3n) is 2.93. The zero-order chi connectivity index (χ0) is 15.2. The monoisotopic (exact) mass is 288 g/mol. The maximum Gasteiger partial charge on any atom is 0.303 e. The minimum atomic E-state index is -0.882. The zero-order valence-corrected chi connectivity index (χ0v) is 11.6. The van der Waals surface area contributed by atoms with Crippen LogP contribution in [0.4, 0.5) is 0 Å². The number of carboxylic acid groups (broad SMARTS) is 1. The maximum atomic E-state index is 11.8. The molecule has 0 aliphatic heterocycles.